The molecule has 1 atom stereocenters. The third-order valence-electron chi connectivity index (χ3n) is 5.09. The number of imide groups is 1. The van der Waals surface area contributed by atoms with Gasteiger partial charge >= 0.3 is 6.03 Å². The Labute approximate surface area is 176 Å². The number of urea groups is 1. The van der Waals surface area contributed by atoms with Gasteiger partial charge < -0.3 is 10.1 Å². The number of ether oxygens (including phenoxy) is 1. The van der Waals surface area contributed by atoms with Crippen molar-refractivity contribution in [2.24, 2.45) is 0 Å². The maximum atomic E-state index is 12.9. The number of amides is 3. The molecule has 0 radical (unpaired) electrons. The molecule has 2 aromatic carbocycles. The normalized spacial score (nSPS) is 19.3. The van der Waals surface area contributed by atoms with Crippen molar-refractivity contribution in [2.75, 3.05) is 27.2 Å². The molecule has 3 amide bonds. The predicted octanol–water partition coefficient (Wildman–Crippen LogP) is 2.09. The molecule has 1 saturated heterocycles. The molecule has 2 aromatic rings. The molecule has 0 aromatic heterocycles. The van der Waals surface area contributed by atoms with Gasteiger partial charge in [0.2, 0.25) is 10.0 Å². The van der Waals surface area contributed by atoms with Crippen molar-refractivity contribution in [3.63, 3.8) is 0 Å². The van der Waals surface area contributed by atoms with Crippen LogP contribution in [-0.4, -0.2) is 56.8 Å². The van der Waals surface area contributed by atoms with Gasteiger partial charge in [0.05, 0.1) is 11.4 Å². The number of sulfonamides is 1. The Morgan fingerprint density at radius 3 is 2.20 bits per heavy atom. The van der Waals surface area contributed by atoms with Gasteiger partial charge in [0, 0.05) is 14.1 Å². The standard InChI is InChI=1S/C21H25N3O5S/c1-15-5-7-16(8-6-15)21(2)19(25)24(20(26)22-21)13-14-29-17-9-11-18(12-10-17)30(27,28)23(3)4/h5-12H,13-14H2,1-4H3,(H,22,26)/t21-/m0/s1. The Morgan fingerprint density at radius 2 is 1.63 bits per heavy atom. The molecule has 1 aliphatic rings. The molecular weight excluding hydrogens is 406 g/mol. The lowest BCUT2D eigenvalue weighted by molar-refractivity contribution is -0.131. The van der Waals surface area contributed by atoms with E-state index in [0.29, 0.717) is 11.3 Å². The van der Waals surface area contributed by atoms with Gasteiger partial charge in [-0.15, -0.1) is 0 Å². The zero-order valence-corrected chi connectivity index (χ0v) is 18.2. The van der Waals surface area contributed by atoms with E-state index >= 15 is 0 Å². The molecule has 0 bridgehead atoms. The quantitative estimate of drug-likeness (QED) is 0.678. The Hall–Kier alpha value is -2.91. The highest BCUT2D eigenvalue weighted by molar-refractivity contribution is 7.89. The lowest BCUT2D eigenvalue weighted by Gasteiger charge is -2.22. The van der Waals surface area contributed by atoms with Gasteiger partial charge in [-0.2, -0.15) is 0 Å². The predicted molar refractivity (Wildman–Crippen MR) is 112 cm³/mol. The Kier molecular flexibility index (Phi) is 5.87. The number of nitrogens with one attached hydrogen (secondary N) is 1. The maximum absolute atomic E-state index is 12.9. The number of aryl methyl sites for hydroxylation is 1. The number of hydrogen-bond acceptors (Lipinski definition) is 5. The third-order valence-corrected chi connectivity index (χ3v) is 6.92. The molecule has 30 heavy (non-hydrogen) atoms. The number of benzene rings is 2. The smallest absolute Gasteiger partial charge is 0.325 e. The first-order valence-corrected chi connectivity index (χ1v) is 10.9. The first kappa shape index (κ1) is 21.8. The van der Waals surface area contributed by atoms with Crippen LogP contribution in [0.1, 0.15) is 18.1 Å². The molecule has 1 N–H and O–H groups in total. The Balaban J connectivity index is 1.63. The van der Waals surface area contributed by atoms with Crippen molar-refractivity contribution in [1.82, 2.24) is 14.5 Å². The number of carbonyl (C=O) groups is 2. The monoisotopic (exact) mass is 431 g/mol. The van der Waals surface area contributed by atoms with Crippen molar-refractivity contribution in [3.05, 3.63) is 59.7 Å². The van der Waals surface area contributed by atoms with Crippen LogP contribution in [0.15, 0.2) is 53.4 Å². The average Bonchev–Trinajstić information content (AvgIpc) is 2.92. The van der Waals surface area contributed by atoms with E-state index in [1.165, 1.54) is 26.2 Å². The first-order chi connectivity index (χ1) is 14.1. The molecule has 0 saturated carbocycles. The number of hydrogen-bond donors (Lipinski definition) is 1. The lowest BCUT2D eigenvalue weighted by Crippen LogP contribution is -2.41. The van der Waals surface area contributed by atoms with E-state index in [9.17, 15) is 18.0 Å². The van der Waals surface area contributed by atoms with Gasteiger partial charge in [-0.3, -0.25) is 9.69 Å². The van der Waals surface area contributed by atoms with E-state index < -0.39 is 21.6 Å². The molecule has 1 aliphatic heterocycles. The highest BCUT2D eigenvalue weighted by Gasteiger charge is 2.48. The van der Waals surface area contributed by atoms with E-state index in [0.717, 1.165) is 14.8 Å². The first-order valence-electron chi connectivity index (χ1n) is 9.42. The molecule has 3 rings (SSSR count). The SMILES string of the molecule is Cc1ccc([C@]2(C)NC(=O)N(CCOc3ccc(S(=O)(=O)N(C)C)cc3)C2=O)cc1. The van der Waals surface area contributed by atoms with E-state index in [4.69, 9.17) is 4.74 Å². The van der Waals surface area contributed by atoms with Gasteiger partial charge in [0.15, 0.2) is 0 Å². The van der Waals surface area contributed by atoms with E-state index in [2.05, 4.69) is 5.32 Å². The van der Waals surface area contributed by atoms with Crippen LogP contribution in [0.4, 0.5) is 4.79 Å². The van der Waals surface area contributed by atoms with Gasteiger partial charge in [-0.25, -0.2) is 17.5 Å². The van der Waals surface area contributed by atoms with Crippen LogP contribution >= 0.6 is 0 Å². The second kappa shape index (κ2) is 8.08. The minimum absolute atomic E-state index is 0.0733. The van der Waals surface area contributed by atoms with Crippen LogP contribution in [-0.2, 0) is 20.4 Å². The van der Waals surface area contributed by atoms with Crippen LogP contribution in [0.5, 0.6) is 5.75 Å². The summed E-state index contributed by atoms with van der Waals surface area (Å²) in [4.78, 5) is 26.6. The minimum atomic E-state index is -3.51. The third kappa shape index (κ3) is 4.03. The van der Waals surface area contributed by atoms with Crippen molar-refractivity contribution >= 4 is 22.0 Å². The number of carbonyl (C=O) groups excluding carboxylic acids is 2. The van der Waals surface area contributed by atoms with E-state index in [-0.39, 0.29) is 24.0 Å². The fourth-order valence-corrected chi connectivity index (χ4v) is 4.06. The zero-order chi connectivity index (χ0) is 22.1. The molecule has 0 aliphatic carbocycles. The summed E-state index contributed by atoms with van der Waals surface area (Å²) >= 11 is 0. The van der Waals surface area contributed by atoms with Gasteiger partial charge in [-0.1, -0.05) is 29.8 Å². The molecule has 1 fully saturated rings. The summed E-state index contributed by atoms with van der Waals surface area (Å²) in [5, 5.41) is 2.76. The number of nitrogens with zero attached hydrogens (tertiary/aromatic N) is 2. The van der Waals surface area contributed by atoms with Crippen molar-refractivity contribution < 1.29 is 22.7 Å². The minimum Gasteiger partial charge on any atom is -0.492 e. The van der Waals surface area contributed by atoms with Gasteiger partial charge in [-0.05, 0) is 43.7 Å². The van der Waals surface area contributed by atoms with Crippen LogP contribution < -0.4 is 10.1 Å². The van der Waals surface area contributed by atoms with Crippen molar-refractivity contribution in [2.45, 2.75) is 24.3 Å². The molecule has 0 unspecified atom stereocenters. The van der Waals surface area contributed by atoms with E-state index in [1.54, 1.807) is 19.1 Å². The zero-order valence-electron chi connectivity index (χ0n) is 17.4. The topological polar surface area (TPSA) is 96.0 Å². The number of rotatable bonds is 7. The fraction of sp³-hybridized carbons (Fsp3) is 0.333. The van der Waals surface area contributed by atoms with E-state index in [1.807, 2.05) is 31.2 Å². The molecule has 8 nitrogen and oxygen atoms in total. The van der Waals surface area contributed by atoms with Gasteiger partial charge in [0.1, 0.15) is 17.9 Å². The summed E-state index contributed by atoms with van der Waals surface area (Å²) < 4.78 is 30.9. The summed E-state index contributed by atoms with van der Waals surface area (Å²) in [6, 6.07) is 13.0. The largest absolute Gasteiger partial charge is 0.492 e. The van der Waals surface area contributed by atoms with Crippen molar-refractivity contribution in [1.29, 1.82) is 0 Å². The molecular formula is C21H25N3O5S. The fourth-order valence-electron chi connectivity index (χ4n) is 3.16. The summed E-state index contributed by atoms with van der Waals surface area (Å²) in [5.41, 5.74) is 0.661. The Bertz CT molecular complexity index is 1050. The summed E-state index contributed by atoms with van der Waals surface area (Å²) in [5.74, 6) is 0.105. The maximum Gasteiger partial charge on any atom is 0.325 e. The average molecular weight is 432 g/mol. The molecule has 0 spiro atoms. The van der Waals surface area contributed by atoms with Crippen LogP contribution in [0.25, 0.3) is 0 Å². The van der Waals surface area contributed by atoms with Crippen LogP contribution in [0, 0.1) is 6.92 Å². The molecule has 1 heterocycles. The second-order valence-electron chi connectivity index (χ2n) is 7.49. The second-order valence-corrected chi connectivity index (χ2v) is 9.64. The van der Waals surface area contributed by atoms with Gasteiger partial charge in [0.25, 0.3) is 5.91 Å². The summed E-state index contributed by atoms with van der Waals surface area (Å²) in [6.45, 7) is 3.79. The van der Waals surface area contributed by atoms with Crippen LogP contribution in [0.2, 0.25) is 0 Å². The Morgan fingerprint density at radius 1 is 1.03 bits per heavy atom. The molecule has 160 valence electrons. The van der Waals surface area contributed by atoms with Crippen LogP contribution in [0.3, 0.4) is 0 Å². The highest BCUT2D eigenvalue weighted by atomic mass is 32.2. The summed E-state index contributed by atoms with van der Waals surface area (Å²) in [7, 11) is -0.591. The lowest BCUT2D eigenvalue weighted by atomic mass is 9.91. The summed E-state index contributed by atoms with van der Waals surface area (Å²) in [6.07, 6.45) is 0. The molecule has 9 heteroatoms. The van der Waals surface area contributed by atoms with Crippen molar-refractivity contribution in [3.8, 4) is 5.75 Å². The highest BCUT2D eigenvalue weighted by Crippen LogP contribution is 2.29.